The molecule has 2 amide bonds. The molecule has 2 aromatic carbocycles. The van der Waals surface area contributed by atoms with Crippen LogP contribution in [0.5, 0.6) is 0 Å². The van der Waals surface area contributed by atoms with Gasteiger partial charge in [0.1, 0.15) is 5.50 Å². The lowest BCUT2D eigenvalue weighted by atomic mass is 10.0. The molecule has 0 spiro atoms. The van der Waals surface area contributed by atoms with Gasteiger partial charge in [-0.2, -0.15) is 0 Å². The fourth-order valence-corrected chi connectivity index (χ4v) is 5.53. The number of nitrogens with one attached hydrogen (secondary N) is 3. The number of thioether (sulfide) groups is 1. The van der Waals surface area contributed by atoms with Gasteiger partial charge in [0.25, 0.3) is 0 Å². The molecule has 0 bridgehead atoms. The summed E-state index contributed by atoms with van der Waals surface area (Å²) in [6, 6.07) is 14.1. The van der Waals surface area contributed by atoms with Gasteiger partial charge < -0.3 is 10.6 Å². The topological polar surface area (TPSA) is 104 Å². The fraction of sp³-hybridized carbons (Fsp3) is 0.364. The number of carbonyl (C=O) groups excluding carboxylic acids is 2. The third-order valence-electron chi connectivity index (χ3n) is 4.99. The number of sulfone groups is 1. The molecule has 1 heterocycles. The molecule has 1 aliphatic heterocycles. The number of amides is 2. The molecular weight excluding hydrogens is 434 g/mol. The molecule has 3 N–H and O–H groups in total. The molecule has 2 atom stereocenters. The van der Waals surface area contributed by atoms with Gasteiger partial charge in [-0.3, -0.25) is 14.9 Å². The summed E-state index contributed by atoms with van der Waals surface area (Å²) < 4.78 is 25.8. The first-order chi connectivity index (χ1) is 14.7. The van der Waals surface area contributed by atoms with Crippen molar-refractivity contribution >= 4 is 39.1 Å². The Hall–Kier alpha value is -2.36. The van der Waals surface area contributed by atoms with Gasteiger partial charge >= 0.3 is 0 Å². The van der Waals surface area contributed by atoms with Crippen LogP contribution in [0.4, 0.5) is 5.69 Å². The Bertz CT molecular complexity index is 1050. The van der Waals surface area contributed by atoms with Crippen LogP contribution in [0.1, 0.15) is 30.9 Å². The summed E-state index contributed by atoms with van der Waals surface area (Å²) in [6.45, 7) is 5.98. The Morgan fingerprint density at radius 2 is 1.90 bits per heavy atom. The van der Waals surface area contributed by atoms with E-state index in [1.165, 1.54) is 11.8 Å². The van der Waals surface area contributed by atoms with E-state index in [9.17, 15) is 18.0 Å². The molecule has 7 nitrogen and oxygen atoms in total. The zero-order valence-electron chi connectivity index (χ0n) is 17.7. The number of rotatable bonds is 7. The zero-order chi connectivity index (χ0) is 22.6. The van der Waals surface area contributed by atoms with E-state index >= 15 is 0 Å². The van der Waals surface area contributed by atoms with Gasteiger partial charge in [0.2, 0.25) is 11.8 Å². The lowest BCUT2D eigenvalue weighted by Gasteiger charge is -2.29. The van der Waals surface area contributed by atoms with Crippen LogP contribution < -0.4 is 16.0 Å². The van der Waals surface area contributed by atoms with Crippen molar-refractivity contribution in [1.82, 2.24) is 10.6 Å². The summed E-state index contributed by atoms with van der Waals surface area (Å²) in [7, 11) is -3.82. The molecule has 9 heteroatoms. The predicted molar refractivity (Wildman–Crippen MR) is 124 cm³/mol. The third-order valence-corrected chi connectivity index (χ3v) is 8.09. The summed E-state index contributed by atoms with van der Waals surface area (Å²) in [6.07, 6.45) is 0. The van der Waals surface area contributed by atoms with E-state index in [1.807, 2.05) is 39.0 Å². The average molecular weight is 462 g/mol. The molecule has 1 saturated heterocycles. The highest BCUT2D eigenvalue weighted by Gasteiger charge is 2.38. The maximum Gasteiger partial charge on any atom is 0.241 e. The first-order valence-electron chi connectivity index (χ1n) is 10.0. The fourth-order valence-electron chi connectivity index (χ4n) is 3.22. The van der Waals surface area contributed by atoms with Gasteiger partial charge in [0.05, 0.1) is 10.6 Å². The second-order valence-electron chi connectivity index (χ2n) is 7.78. The molecule has 2 unspecified atom stereocenters. The molecule has 0 radical (unpaired) electrons. The Morgan fingerprint density at radius 1 is 1.19 bits per heavy atom. The minimum absolute atomic E-state index is 0.0166. The van der Waals surface area contributed by atoms with Crippen molar-refractivity contribution in [2.75, 3.05) is 17.6 Å². The van der Waals surface area contributed by atoms with Crippen LogP contribution in [-0.4, -0.2) is 43.3 Å². The summed E-state index contributed by atoms with van der Waals surface area (Å²) >= 11 is 1.20. The van der Waals surface area contributed by atoms with Crippen molar-refractivity contribution in [3.05, 3.63) is 59.7 Å². The summed E-state index contributed by atoms with van der Waals surface area (Å²) in [4.78, 5) is 24.8. The lowest BCUT2D eigenvalue weighted by Crippen LogP contribution is -2.59. The summed E-state index contributed by atoms with van der Waals surface area (Å²) in [5.74, 6) is -0.368. The van der Waals surface area contributed by atoms with Gasteiger partial charge in [-0.25, -0.2) is 8.42 Å². The molecule has 0 aromatic heterocycles. The predicted octanol–water partition coefficient (Wildman–Crippen LogP) is 2.64. The molecular formula is C22H27N3O4S2. The maximum absolute atomic E-state index is 12.9. The van der Waals surface area contributed by atoms with Crippen molar-refractivity contribution in [2.45, 2.75) is 42.3 Å². The van der Waals surface area contributed by atoms with Crippen LogP contribution in [-0.2, 0) is 19.4 Å². The van der Waals surface area contributed by atoms with Crippen LogP contribution in [0.3, 0.4) is 0 Å². The van der Waals surface area contributed by atoms with Crippen molar-refractivity contribution in [1.29, 1.82) is 0 Å². The average Bonchev–Trinajstić information content (AvgIpc) is 2.72. The summed E-state index contributed by atoms with van der Waals surface area (Å²) in [5, 5.41) is 7.25. The number of hydrogen-bond donors (Lipinski definition) is 3. The second kappa shape index (κ2) is 9.84. The third kappa shape index (κ3) is 5.87. The lowest BCUT2D eigenvalue weighted by molar-refractivity contribution is -0.122. The van der Waals surface area contributed by atoms with Crippen molar-refractivity contribution < 1.29 is 18.0 Å². The smallest absolute Gasteiger partial charge is 0.241 e. The van der Waals surface area contributed by atoms with Gasteiger partial charge in [-0.05, 0) is 48.2 Å². The van der Waals surface area contributed by atoms with Crippen LogP contribution in [0, 0.1) is 6.92 Å². The van der Waals surface area contributed by atoms with Crippen LogP contribution in [0.15, 0.2) is 53.4 Å². The van der Waals surface area contributed by atoms with Crippen LogP contribution in [0.2, 0.25) is 0 Å². The minimum Gasteiger partial charge on any atom is -0.331 e. The number of anilines is 1. The largest absolute Gasteiger partial charge is 0.331 e. The molecule has 166 valence electrons. The minimum atomic E-state index is -3.82. The molecule has 2 aromatic rings. The second-order valence-corrected chi connectivity index (χ2v) is 11.0. The Morgan fingerprint density at radius 3 is 2.52 bits per heavy atom. The molecule has 31 heavy (non-hydrogen) atoms. The van der Waals surface area contributed by atoms with Gasteiger partial charge in [-0.15, -0.1) is 11.8 Å². The van der Waals surface area contributed by atoms with Gasteiger partial charge in [-0.1, -0.05) is 38.1 Å². The Labute approximate surface area is 187 Å². The van der Waals surface area contributed by atoms with E-state index in [1.54, 1.807) is 30.3 Å². The van der Waals surface area contributed by atoms with Gasteiger partial charge in [0.15, 0.2) is 15.1 Å². The van der Waals surface area contributed by atoms with E-state index in [4.69, 9.17) is 0 Å². The van der Waals surface area contributed by atoms with Gasteiger partial charge in [0, 0.05) is 12.2 Å². The molecule has 0 aliphatic carbocycles. The highest BCUT2D eigenvalue weighted by molar-refractivity contribution is 8.00. The Kier molecular flexibility index (Phi) is 7.40. The highest BCUT2D eigenvalue weighted by atomic mass is 32.2. The highest BCUT2D eigenvalue weighted by Crippen LogP contribution is 2.22. The quantitative estimate of drug-likeness (QED) is 0.586. The van der Waals surface area contributed by atoms with Crippen LogP contribution in [0.25, 0.3) is 0 Å². The van der Waals surface area contributed by atoms with Crippen LogP contribution >= 0.6 is 11.8 Å². The van der Waals surface area contributed by atoms with E-state index in [0.29, 0.717) is 5.69 Å². The van der Waals surface area contributed by atoms with E-state index in [2.05, 4.69) is 16.0 Å². The number of hydrogen-bond acceptors (Lipinski definition) is 6. The maximum atomic E-state index is 12.9. The number of carbonyl (C=O) groups is 2. The number of aryl methyl sites for hydroxylation is 1. The monoisotopic (exact) mass is 461 g/mol. The van der Waals surface area contributed by atoms with E-state index in [-0.39, 0.29) is 29.0 Å². The first kappa shape index (κ1) is 23.3. The molecule has 3 rings (SSSR count). The van der Waals surface area contributed by atoms with E-state index < -0.39 is 26.5 Å². The zero-order valence-corrected chi connectivity index (χ0v) is 19.3. The van der Waals surface area contributed by atoms with Crippen molar-refractivity contribution in [3.8, 4) is 0 Å². The standard InChI is InChI=1S/C22H27N3O4S2/c1-14(2)16-7-9-18(10-8-16)31(28,29)19-12-23-22(25-21(19)27)30-13-20(26)24-17-6-4-5-15(3)11-17/h4-11,14,19,22-23H,12-13H2,1-3H3,(H,24,26)(H,25,27). The SMILES string of the molecule is Cc1cccc(NC(=O)CSC2NCC(S(=O)(=O)c3ccc(C(C)C)cc3)C(=O)N2)c1. The van der Waals surface area contributed by atoms with Crippen molar-refractivity contribution in [3.63, 3.8) is 0 Å². The van der Waals surface area contributed by atoms with E-state index in [0.717, 1.165) is 11.1 Å². The normalized spacial score (nSPS) is 19.2. The molecule has 1 fully saturated rings. The first-order valence-corrected chi connectivity index (χ1v) is 12.6. The number of benzene rings is 2. The summed E-state index contributed by atoms with van der Waals surface area (Å²) in [5.41, 5.74) is 2.25. The van der Waals surface area contributed by atoms with Crippen molar-refractivity contribution in [2.24, 2.45) is 0 Å². The molecule has 0 saturated carbocycles. The Balaban J connectivity index is 1.55. The molecule has 1 aliphatic rings.